The summed E-state index contributed by atoms with van der Waals surface area (Å²) in [5, 5.41) is 0. The van der Waals surface area contributed by atoms with Gasteiger partial charge in [0.15, 0.2) is 0 Å². The zero-order valence-electron chi connectivity index (χ0n) is 13.4. The van der Waals surface area contributed by atoms with Crippen LogP contribution in [0, 0.1) is 6.92 Å². The van der Waals surface area contributed by atoms with E-state index in [1.807, 2.05) is 6.92 Å². The van der Waals surface area contributed by atoms with E-state index in [2.05, 4.69) is 9.44 Å². The Kier molecular flexibility index (Phi) is 5.05. The summed E-state index contributed by atoms with van der Waals surface area (Å²) in [7, 11) is -6.02. The predicted octanol–water partition coefficient (Wildman–Crippen LogP) is 2.18. The van der Waals surface area contributed by atoms with Crippen LogP contribution < -0.4 is 14.2 Å². The van der Waals surface area contributed by atoms with Crippen molar-refractivity contribution in [3.05, 3.63) is 48.0 Å². The molecule has 0 heterocycles. The molecule has 0 atom stereocenters. The molecule has 24 heavy (non-hydrogen) atoms. The number of benzene rings is 2. The molecule has 0 aliphatic heterocycles. The molecule has 0 fully saturated rings. The molecule has 7 nitrogen and oxygen atoms in total. The van der Waals surface area contributed by atoms with Crippen LogP contribution >= 0.6 is 0 Å². The lowest BCUT2D eigenvalue weighted by molar-refractivity contribution is 0.415. The number of anilines is 2. The van der Waals surface area contributed by atoms with Crippen LogP contribution in [0.25, 0.3) is 0 Å². The van der Waals surface area contributed by atoms with E-state index in [0.717, 1.165) is 11.8 Å². The number of nitrogens with one attached hydrogen (secondary N) is 2. The number of ether oxygens (including phenoxy) is 1. The van der Waals surface area contributed by atoms with Gasteiger partial charge in [-0.25, -0.2) is 16.8 Å². The maximum atomic E-state index is 12.5. The van der Waals surface area contributed by atoms with Crippen LogP contribution in [0.1, 0.15) is 5.56 Å². The van der Waals surface area contributed by atoms with Crippen molar-refractivity contribution in [1.29, 1.82) is 0 Å². The Hall–Kier alpha value is -2.26. The number of methoxy groups -OCH3 is 1. The minimum absolute atomic E-state index is 0.0698. The molecular formula is C15H18N2O5S2. The van der Waals surface area contributed by atoms with Crippen molar-refractivity contribution in [2.24, 2.45) is 0 Å². The zero-order chi connectivity index (χ0) is 18.0. The van der Waals surface area contributed by atoms with Crippen LogP contribution in [0.5, 0.6) is 5.75 Å². The van der Waals surface area contributed by atoms with Crippen molar-refractivity contribution < 1.29 is 21.6 Å². The van der Waals surface area contributed by atoms with Gasteiger partial charge in [0.2, 0.25) is 10.0 Å². The molecular weight excluding hydrogens is 352 g/mol. The minimum atomic E-state index is -3.87. The van der Waals surface area contributed by atoms with Gasteiger partial charge >= 0.3 is 0 Å². The lowest BCUT2D eigenvalue weighted by Gasteiger charge is -2.14. The second-order valence-corrected chi connectivity index (χ2v) is 8.64. The fraction of sp³-hybridized carbons (Fsp3) is 0.200. The number of aryl methyl sites for hydroxylation is 1. The zero-order valence-corrected chi connectivity index (χ0v) is 15.0. The van der Waals surface area contributed by atoms with Crippen molar-refractivity contribution in [1.82, 2.24) is 0 Å². The fourth-order valence-electron chi connectivity index (χ4n) is 1.94. The Morgan fingerprint density at radius 3 is 2.04 bits per heavy atom. The molecule has 2 aromatic carbocycles. The van der Waals surface area contributed by atoms with Gasteiger partial charge in [-0.1, -0.05) is 17.7 Å². The molecule has 0 amide bonds. The minimum Gasteiger partial charge on any atom is -0.497 e. The molecule has 2 aromatic rings. The quantitative estimate of drug-likeness (QED) is 0.811. The van der Waals surface area contributed by atoms with Crippen LogP contribution in [0.3, 0.4) is 0 Å². The fourth-order valence-corrected chi connectivity index (χ4v) is 3.59. The summed E-state index contributed by atoms with van der Waals surface area (Å²) >= 11 is 0. The normalized spacial score (nSPS) is 11.8. The monoisotopic (exact) mass is 370 g/mol. The largest absolute Gasteiger partial charge is 0.497 e. The first-order chi connectivity index (χ1) is 11.1. The van der Waals surface area contributed by atoms with Crippen molar-refractivity contribution in [3.8, 4) is 5.75 Å². The summed E-state index contributed by atoms with van der Waals surface area (Å²) in [6.45, 7) is 1.85. The summed E-state index contributed by atoms with van der Waals surface area (Å²) in [6, 6.07) is 10.7. The third-order valence-corrected chi connectivity index (χ3v) is 5.07. The molecule has 0 aliphatic rings. The van der Waals surface area contributed by atoms with Crippen molar-refractivity contribution in [2.75, 3.05) is 22.8 Å². The molecule has 2 N–H and O–H groups in total. The van der Waals surface area contributed by atoms with E-state index in [1.54, 1.807) is 12.1 Å². The maximum absolute atomic E-state index is 12.5. The highest BCUT2D eigenvalue weighted by atomic mass is 32.2. The van der Waals surface area contributed by atoms with E-state index in [1.165, 1.54) is 37.4 Å². The molecule has 0 aromatic heterocycles. The van der Waals surface area contributed by atoms with Gasteiger partial charge in [-0.3, -0.25) is 9.44 Å². The first-order valence-electron chi connectivity index (χ1n) is 6.86. The Bertz CT molecular complexity index is 936. The molecule has 0 radical (unpaired) electrons. The van der Waals surface area contributed by atoms with Crippen molar-refractivity contribution >= 4 is 31.4 Å². The second kappa shape index (κ2) is 6.70. The molecule has 0 saturated heterocycles. The third kappa shape index (κ3) is 4.62. The van der Waals surface area contributed by atoms with Crippen molar-refractivity contribution in [2.45, 2.75) is 11.8 Å². The average molecular weight is 370 g/mol. The Balaban J connectivity index is 2.44. The molecule has 130 valence electrons. The van der Waals surface area contributed by atoms with E-state index in [0.29, 0.717) is 5.75 Å². The van der Waals surface area contributed by atoms with E-state index in [9.17, 15) is 16.8 Å². The Labute approximate surface area is 141 Å². The van der Waals surface area contributed by atoms with Crippen molar-refractivity contribution in [3.63, 3.8) is 0 Å². The topological polar surface area (TPSA) is 102 Å². The number of sulfonamides is 2. The van der Waals surface area contributed by atoms with Gasteiger partial charge in [-0.15, -0.1) is 0 Å². The van der Waals surface area contributed by atoms with Gasteiger partial charge in [-0.05, 0) is 31.2 Å². The second-order valence-electron chi connectivity index (χ2n) is 5.20. The molecule has 0 unspecified atom stereocenters. The van der Waals surface area contributed by atoms with Gasteiger partial charge < -0.3 is 4.74 Å². The predicted molar refractivity (Wildman–Crippen MR) is 93.4 cm³/mol. The summed E-state index contributed by atoms with van der Waals surface area (Å²) < 4.78 is 57.6. The van der Waals surface area contributed by atoms with Gasteiger partial charge in [0.05, 0.1) is 29.6 Å². The van der Waals surface area contributed by atoms with E-state index < -0.39 is 20.0 Å². The first kappa shape index (κ1) is 18.1. The molecule has 2 rings (SSSR count). The van der Waals surface area contributed by atoms with Crippen LogP contribution in [0.15, 0.2) is 47.4 Å². The highest BCUT2D eigenvalue weighted by Crippen LogP contribution is 2.30. The Morgan fingerprint density at radius 2 is 1.50 bits per heavy atom. The van der Waals surface area contributed by atoms with Crippen LogP contribution in [-0.4, -0.2) is 30.2 Å². The summed E-state index contributed by atoms with van der Waals surface area (Å²) in [5.41, 5.74) is 1.10. The highest BCUT2D eigenvalue weighted by molar-refractivity contribution is 7.93. The Morgan fingerprint density at radius 1 is 0.875 bits per heavy atom. The van der Waals surface area contributed by atoms with Gasteiger partial charge in [0.1, 0.15) is 5.75 Å². The van der Waals surface area contributed by atoms with Crippen LogP contribution in [0.4, 0.5) is 11.4 Å². The number of hydrogen-bond donors (Lipinski definition) is 2. The van der Waals surface area contributed by atoms with E-state index in [-0.39, 0.29) is 16.3 Å². The average Bonchev–Trinajstić information content (AvgIpc) is 2.48. The van der Waals surface area contributed by atoms with Gasteiger partial charge in [0.25, 0.3) is 10.0 Å². The summed E-state index contributed by atoms with van der Waals surface area (Å²) in [6.07, 6.45) is 0.982. The highest BCUT2D eigenvalue weighted by Gasteiger charge is 2.18. The molecule has 0 spiro atoms. The number of rotatable bonds is 6. The summed E-state index contributed by atoms with van der Waals surface area (Å²) in [4.78, 5) is 0.0706. The number of hydrogen-bond acceptors (Lipinski definition) is 5. The maximum Gasteiger partial charge on any atom is 0.261 e. The van der Waals surface area contributed by atoms with Crippen LogP contribution in [0.2, 0.25) is 0 Å². The summed E-state index contributed by atoms with van der Waals surface area (Å²) in [5.74, 6) is 0.385. The van der Waals surface area contributed by atoms with Crippen LogP contribution in [-0.2, 0) is 20.0 Å². The molecule has 0 bridgehead atoms. The molecule has 0 aliphatic carbocycles. The van der Waals surface area contributed by atoms with Gasteiger partial charge in [-0.2, -0.15) is 0 Å². The van der Waals surface area contributed by atoms with Gasteiger partial charge in [0, 0.05) is 6.07 Å². The molecule has 9 heteroatoms. The standard InChI is InChI=1S/C15H18N2O5S2/c1-11-4-7-13(8-5-11)24(20,21)17-15-10-12(22-2)6-9-14(15)16-23(3,18)19/h4-10,16-17H,1-3H3. The smallest absolute Gasteiger partial charge is 0.261 e. The SMILES string of the molecule is COc1ccc(NS(C)(=O)=O)c(NS(=O)(=O)c2ccc(C)cc2)c1. The first-order valence-corrected chi connectivity index (χ1v) is 10.2. The lowest BCUT2D eigenvalue weighted by Crippen LogP contribution is -2.16. The molecule has 0 saturated carbocycles. The van der Waals surface area contributed by atoms with E-state index in [4.69, 9.17) is 4.74 Å². The third-order valence-electron chi connectivity index (χ3n) is 3.10. The van der Waals surface area contributed by atoms with E-state index >= 15 is 0 Å². The lowest BCUT2D eigenvalue weighted by atomic mass is 10.2.